The molecule has 1 rings (SSSR count). The molecule has 19 heavy (non-hydrogen) atoms. The van der Waals surface area contributed by atoms with Crippen LogP contribution in [0, 0.1) is 0 Å². The number of alkyl halides is 3. The standard InChI is InChI=1S/C9H14F3NO4S2/c10-9(11,12)18-3-2-13(5-8(14)15)7-1-4-19(16,17)6-7/h7H,1-6H2,(H,14,15). The van der Waals surface area contributed by atoms with Crippen molar-refractivity contribution in [3.63, 3.8) is 0 Å². The highest BCUT2D eigenvalue weighted by Crippen LogP contribution is 2.30. The molecule has 0 aliphatic carbocycles. The minimum absolute atomic E-state index is 0.0415. The van der Waals surface area contributed by atoms with Gasteiger partial charge in [-0.15, -0.1) is 0 Å². The van der Waals surface area contributed by atoms with Crippen LogP contribution < -0.4 is 0 Å². The Morgan fingerprint density at radius 2 is 2.05 bits per heavy atom. The maximum Gasteiger partial charge on any atom is 0.441 e. The molecule has 0 aromatic carbocycles. The molecule has 1 unspecified atom stereocenters. The monoisotopic (exact) mass is 321 g/mol. The van der Waals surface area contributed by atoms with Crippen LogP contribution in [-0.2, 0) is 14.6 Å². The Morgan fingerprint density at radius 3 is 2.47 bits per heavy atom. The van der Waals surface area contributed by atoms with Gasteiger partial charge in [-0.1, -0.05) is 0 Å². The third-order valence-corrected chi connectivity index (χ3v) is 5.17. The van der Waals surface area contributed by atoms with Crippen LogP contribution in [0.4, 0.5) is 13.2 Å². The Balaban J connectivity index is 2.55. The zero-order valence-corrected chi connectivity index (χ0v) is 11.5. The second-order valence-electron chi connectivity index (χ2n) is 4.22. The zero-order chi connectivity index (χ0) is 14.7. The van der Waals surface area contributed by atoms with Gasteiger partial charge in [-0.3, -0.25) is 9.69 Å². The molecule has 1 atom stereocenters. The van der Waals surface area contributed by atoms with Gasteiger partial charge in [-0.05, 0) is 18.2 Å². The fourth-order valence-electron chi connectivity index (χ4n) is 1.91. The van der Waals surface area contributed by atoms with Crippen LogP contribution >= 0.6 is 11.8 Å². The Bertz CT molecular complexity index is 424. The van der Waals surface area contributed by atoms with Crippen LogP contribution in [0.15, 0.2) is 0 Å². The second-order valence-corrected chi connectivity index (χ2v) is 7.60. The molecule has 1 saturated heterocycles. The number of hydrogen-bond acceptors (Lipinski definition) is 5. The van der Waals surface area contributed by atoms with E-state index in [4.69, 9.17) is 5.11 Å². The molecule has 10 heteroatoms. The van der Waals surface area contributed by atoms with E-state index in [0.717, 1.165) is 0 Å². The predicted octanol–water partition coefficient (Wildman–Crippen LogP) is 0.813. The summed E-state index contributed by atoms with van der Waals surface area (Å²) in [5, 5.41) is 8.71. The van der Waals surface area contributed by atoms with E-state index in [9.17, 15) is 26.4 Å². The summed E-state index contributed by atoms with van der Waals surface area (Å²) in [4.78, 5) is 12.0. The summed E-state index contributed by atoms with van der Waals surface area (Å²) in [5.74, 6) is -1.72. The number of sulfone groups is 1. The van der Waals surface area contributed by atoms with E-state index in [1.54, 1.807) is 0 Å². The van der Waals surface area contributed by atoms with Crippen molar-refractivity contribution < 1.29 is 31.5 Å². The maximum absolute atomic E-state index is 12.0. The summed E-state index contributed by atoms with van der Waals surface area (Å²) in [6, 6.07) is -0.505. The molecule has 0 aromatic rings. The fourth-order valence-corrected chi connectivity index (χ4v) is 4.23. The summed E-state index contributed by atoms with van der Waals surface area (Å²) in [5.41, 5.74) is -4.36. The molecule has 0 spiro atoms. The number of carbonyl (C=O) groups is 1. The number of hydrogen-bond donors (Lipinski definition) is 1. The number of carboxylic acids is 1. The molecule has 112 valence electrons. The van der Waals surface area contributed by atoms with Crippen LogP contribution in [-0.4, -0.2) is 66.3 Å². The highest BCUT2D eigenvalue weighted by molar-refractivity contribution is 8.00. The molecule has 1 aliphatic heterocycles. The van der Waals surface area contributed by atoms with Crippen LogP contribution in [0.2, 0.25) is 0 Å². The third-order valence-electron chi connectivity index (χ3n) is 2.71. The average molecular weight is 321 g/mol. The molecule has 0 amide bonds. The van der Waals surface area contributed by atoms with Crippen molar-refractivity contribution in [2.24, 2.45) is 0 Å². The van der Waals surface area contributed by atoms with Crippen molar-refractivity contribution in [1.29, 1.82) is 0 Å². The number of thioether (sulfide) groups is 1. The molecule has 1 heterocycles. The second kappa shape index (κ2) is 6.31. The summed E-state index contributed by atoms with van der Waals surface area (Å²) < 4.78 is 58.6. The van der Waals surface area contributed by atoms with E-state index < -0.39 is 33.9 Å². The van der Waals surface area contributed by atoms with Gasteiger partial charge in [0.05, 0.1) is 18.1 Å². The van der Waals surface area contributed by atoms with Crippen molar-refractivity contribution in [2.45, 2.75) is 18.0 Å². The molecule has 0 radical (unpaired) electrons. The minimum atomic E-state index is -4.36. The number of halogens is 3. The predicted molar refractivity (Wildman–Crippen MR) is 64.8 cm³/mol. The normalized spacial score (nSPS) is 22.8. The van der Waals surface area contributed by atoms with Crippen LogP contribution in [0.25, 0.3) is 0 Å². The zero-order valence-electron chi connectivity index (χ0n) is 9.89. The average Bonchev–Trinajstić information content (AvgIpc) is 2.55. The highest BCUT2D eigenvalue weighted by atomic mass is 32.2. The Morgan fingerprint density at radius 1 is 1.42 bits per heavy atom. The van der Waals surface area contributed by atoms with Crippen molar-refractivity contribution in [3.05, 3.63) is 0 Å². The molecular weight excluding hydrogens is 307 g/mol. The summed E-state index contributed by atoms with van der Waals surface area (Å²) in [7, 11) is -3.19. The third kappa shape index (κ3) is 6.48. The number of carboxylic acid groups (broad SMARTS) is 1. The Hall–Kier alpha value is -0.480. The first-order valence-corrected chi connectivity index (χ1v) is 8.27. The smallest absolute Gasteiger partial charge is 0.441 e. The van der Waals surface area contributed by atoms with Crippen molar-refractivity contribution in [2.75, 3.05) is 30.3 Å². The van der Waals surface area contributed by atoms with E-state index in [0.29, 0.717) is 0 Å². The largest absolute Gasteiger partial charge is 0.480 e. The first-order valence-electron chi connectivity index (χ1n) is 5.46. The SMILES string of the molecule is O=C(O)CN(CCSC(F)(F)F)C1CCS(=O)(=O)C1. The minimum Gasteiger partial charge on any atom is -0.480 e. The van der Waals surface area contributed by atoms with Gasteiger partial charge in [0, 0.05) is 18.3 Å². The molecule has 0 bridgehead atoms. The van der Waals surface area contributed by atoms with E-state index in [-0.39, 0.29) is 42.0 Å². The summed E-state index contributed by atoms with van der Waals surface area (Å²) >= 11 is -0.236. The van der Waals surface area contributed by atoms with E-state index >= 15 is 0 Å². The Labute approximate surface area is 113 Å². The lowest BCUT2D eigenvalue weighted by atomic mass is 10.2. The molecule has 0 aromatic heterocycles. The van der Waals surface area contributed by atoms with E-state index in [1.165, 1.54) is 4.90 Å². The van der Waals surface area contributed by atoms with E-state index in [1.807, 2.05) is 0 Å². The van der Waals surface area contributed by atoms with Gasteiger partial charge in [0.25, 0.3) is 0 Å². The first kappa shape index (κ1) is 16.6. The first-order chi connectivity index (χ1) is 8.59. The lowest BCUT2D eigenvalue weighted by molar-refractivity contribution is -0.138. The van der Waals surface area contributed by atoms with Gasteiger partial charge < -0.3 is 5.11 Å². The van der Waals surface area contributed by atoms with Crippen molar-refractivity contribution >= 4 is 27.6 Å². The van der Waals surface area contributed by atoms with Gasteiger partial charge in [-0.25, -0.2) is 8.42 Å². The van der Waals surface area contributed by atoms with Crippen LogP contribution in [0.3, 0.4) is 0 Å². The number of nitrogens with zero attached hydrogens (tertiary/aromatic N) is 1. The quantitative estimate of drug-likeness (QED) is 0.780. The lowest BCUT2D eigenvalue weighted by Gasteiger charge is -2.26. The molecule has 0 saturated carbocycles. The Kier molecular flexibility index (Phi) is 5.51. The van der Waals surface area contributed by atoms with Crippen LogP contribution in [0.5, 0.6) is 0 Å². The molecule has 1 aliphatic rings. The molecular formula is C9H14F3NO4S2. The summed E-state index contributed by atoms with van der Waals surface area (Å²) in [6.45, 7) is -0.546. The fraction of sp³-hybridized carbons (Fsp3) is 0.889. The van der Waals surface area contributed by atoms with Gasteiger partial charge in [0.2, 0.25) is 0 Å². The van der Waals surface area contributed by atoms with E-state index in [2.05, 4.69) is 0 Å². The van der Waals surface area contributed by atoms with Crippen molar-refractivity contribution in [3.8, 4) is 0 Å². The molecule has 5 nitrogen and oxygen atoms in total. The topological polar surface area (TPSA) is 74.7 Å². The van der Waals surface area contributed by atoms with Gasteiger partial charge in [0.1, 0.15) is 0 Å². The van der Waals surface area contributed by atoms with Gasteiger partial charge >= 0.3 is 11.5 Å². The highest BCUT2D eigenvalue weighted by Gasteiger charge is 2.34. The lowest BCUT2D eigenvalue weighted by Crippen LogP contribution is -2.41. The number of rotatable bonds is 6. The van der Waals surface area contributed by atoms with Crippen molar-refractivity contribution in [1.82, 2.24) is 4.90 Å². The van der Waals surface area contributed by atoms with Crippen LogP contribution in [0.1, 0.15) is 6.42 Å². The van der Waals surface area contributed by atoms with Gasteiger partial charge in [-0.2, -0.15) is 13.2 Å². The maximum atomic E-state index is 12.0. The number of aliphatic carboxylic acids is 1. The molecule has 1 fully saturated rings. The van der Waals surface area contributed by atoms with Gasteiger partial charge in [0.15, 0.2) is 9.84 Å². The summed E-state index contributed by atoms with van der Waals surface area (Å²) in [6.07, 6.45) is 0.270. The molecule has 1 N–H and O–H groups in total.